The van der Waals surface area contributed by atoms with Crippen LogP contribution in [0.4, 0.5) is 5.69 Å². The van der Waals surface area contributed by atoms with E-state index in [0.717, 1.165) is 16.9 Å². The Morgan fingerprint density at radius 2 is 1.43 bits per heavy atom. The third-order valence-corrected chi connectivity index (χ3v) is 6.58. The summed E-state index contributed by atoms with van der Waals surface area (Å²) >= 11 is 0. The molecule has 35 heavy (non-hydrogen) atoms. The lowest BCUT2D eigenvalue weighted by Gasteiger charge is -2.07. The maximum atomic E-state index is 12.8. The van der Waals surface area contributed by atoms with Gasteiger partial charge in [0.1, 0.15) is 11.5 Å². The van der Waals surface area contributed by atoms with Crippen LogP contribution in [0.1, 0.15) is 26.7 Å². The Labute approximate surface area is 202 Å². The Morgan fingerprint density at radius 1 is 0.829 bits per heavy atom. The van der Waals surface area contributed by atoms with Crippen molar-refractivity contribution < 1.29 is 27.2 Å². The quantitative estimate of drug-likeness (QED) is 0.390. The molecule has 0 aliphatic heterocycles. The zero-order valence-electron chi connectivity index (χ0n) is 18.9. The van der Waals surface area contributed by atoms with E-state index in [4.69, 9.17) is 9.15 Å². The molecule has 178 valence electrons. The molecule has 0 unspecified atom stereocenters. The molecular formula is C26H22N2O6S. The van der Waals surface area contributed by atoms with Gasteiger partial charge < -0.3 is 14.5 Å². The first-order valence-electron chi connectivity index (χ1n) is 10.6. The zero-order valence-corrected chi connectivity index (χ0v) is 19.8. The number of carbonyl (C=O) groups excluding carboxylic acids is 2. The average Bonchev–Trinajstić information content (AvgIpc) is 3.27. The number of furan rings is 1. The summed E-state index contributed by atoms with van der Waals surface area (Å²) in [5, 5.41) is 2.75. The van der Waals surface area contributed by atoms with Crippen molar-refractivity contribution in [3.05, 3.63) is 102 Å². The SMILES string of the molecule is COc1ccc(-c2ccc(NC(=O)c3cc(C(=O)NS(=O)(=O)c4ccccc4)oc3C)cc2)cc1. The Kier molecular flexibility index (Phi) is 6.70. The Morgan fingerprint density at radius 3 is 2.03 bits per heavy atom. The van der Waals surface area contributed by atoms with Crippen LogP contribution < -0.4 is 14.8 Å². The van der Waals surface area contributed by atoms with Crippen LogP contribution in [-0.4, -0.2) is 27.3 Å². The van der Waals surface area contributed by atoms with Gasteiger partial charge in [0.2, 0.25) is 0 Å². The largest absolute Gasteiger partial charge is 0.497 e. The van der Waals surface area contributed by atoms with E-state index in [1.807, 2.05) is 41.1 Å². The summed E-state index contributed by atoms with van der Waals surface area (Å²) in [6.45, 7) is 1.52. The summed E-state index contributed by atoms with van der Waals surface area (Å²) in [4.78, 5) is 25.2. The van der Waals surface area contributed by atoms with Gasteiger partial charge in [-0.1, -0.05) is 42.5 Å². The van der Waals surface area contributed by atoms with Gasteiger partial charge in [0, 0.05) is 11.8 Å². The second-order valence-corrected chi connectivity index (χ2v) is 9.27. The van der Waals surface area contributed by atoms with Gasteiger partial charge in [0.25, 0.3) is 15.9 Å². The summed E-state index contributed by atoms with van der Waals surface area (Å²) in [5.74, 6) is -0.811. The van der Waals surface area contributed by atoms with Gasteiger partial charge in [0.15, 0.2) is 5.76 Å². The highest BCUT2D eigenvalue weighted by atomic mass is 32.2. The Bertz CT molecular complexity index is 1460. The van der Waals surface area contributed by atoms with Crippen LogP contribution in [0.2, 0.25) is 0 Å². The molecule has 1 heterocycles. The van der Waals surface area contributed by atoms with E-state index < -0.39 is 21.8 Å². The molecule has 2 amide bonds. The first-order valence-corrected chi connectivity index (χ1v) is 12.0. The van der Waals surface area contributed by atoms with Crippen molar-refractivity contribution in [2.45, 2.75) is 11.8 Å². The second-order valence-electron chi connectivity index (χ2n) is 7.59. The van der Waals surface area contributed by atoms with E-state index >= 15 is 0 Å². The highest BCUT2D eigenvalue weighted by molar-refractivity contribution is 7.90. The number of carbonyl (C=O) groups is 2. The van der Waals surface area contributed by atoms with E-state index in [0.29, 0.717) is 5.69 Å². The third kappa shape index (κ3) is 5.42. The van der Waals surface area contributed by atoms with Crippen LogP contribution in [0.5, 0.6) is 5.75 Å². The smallest absolute Gasteiger partial charge is 0.300 e. The van der Waals surface area contributed by atoms with Crippen molar-refractivity contribution in [2.24, 2.45) is 0 Å². The van der Waals surface area contributed by atoms with Crippen molar-refractivity contribution in [1.82, 2.24) is 4.72 Å². The molecule has 2 N–H and O–H groups in total. The number of hydrogen-bond donors (Lipinski definition) is 2. The van der Waals surface area contributed by atoms with Crippen LogP contribution in [-0.2, 0) is 10.0 Å². The third-order valence-electron chi connectivity index (χ3n) is 5.23. The Hall–Kier alpha value is -4.37. The van der Waals surface area contributed by atoms with Crippen LogP contribution in [0.3, 0.4) is 0 Å². The molecule has 0 radical (unpaired) electrons. The standard InChI is InChI=1S/C26H22N2O6S/c1-17-23(16-24(34-17)26(30)28-35(31,32)22-6-4-3-5-7-22)25(29)27-20-12-8-18(9-13-20)19-10-14-21(33-2)15-11-19/h3-16H,1-2H3,(H,27,29)(H,28,30). The number of anilines is 1. The maximum absolute atomic E-state index is 12.8. The van der Waals surface area contributed by atoms with E-state index in [1.165, 1.54) is 25.1 Å². The molecule has 3 aromatic carbocycles. The number of rotatable bonds is 7. The number of ether oxygens (including phenoxy) is 1. The van der Waals surface area contributed by atoms with Crippen LogP contribution in [0.15, 0.2) is 94.2 Å². The van der Waals surface area contributed by atoms with Crippen molar-refractivity contribution >= 4 is 27.5 Å². The normalized spacial score (nSPS) is 11.0. The number of sulfonamides is 1. The second kappa shape index (κ2) is 9.86. The van der Waals surface area contributed by atoms with E-state index in [2.05, 4.69) is 5.32 Å². The number of hydrogen-bond acceptors (Lipinski definition) is 6. The lowest BCUT2D eigenvalue weighted by Crippen LogP contribution is -2.30. The summed E-state index contributed by atoms with van der Waals surface area (Å²) in [7, 11) is -2.47. The van der Waals surface area contributed by atoms with Gasteiger partial charge in [-0.15, -0.1) is 0 Å². The number of benzene rings is 3. The molecule has 4 aromatic rings. The van der Waals surface area contributed by atoms with Gasteiger partial charge in [-0.05, 0) is 54.4 Å². The highest BCUT2D eigenvalue weighted by Crippen LogP contribution is 2.24. The predicted octanol–water partition coefficient (Wildman–Crippen LogP) is 4.63. The van der Waals surface area contributed by atoms with E-state index in [9.17, 15) is 18.0 Å². The zero-order chi connectivity index (χ0) is 25.0. The number of amides is 2. The molecule has 1 aromatic heterocycles. The predicted molar refractivity (Wildman–Crippen MR) is 131 cm³/mol. The highest BCUT2D eigenvalue weighted by Gasteiger charge is 2.24. The summed E-state index contributed by atoms with van der Waals surface area (Å²) in [6.07, 6.45) is 0. The minimum absolute atomic E-state index is 0.0623. The monoisotopic (exact) mass is 490 g/mol. The maximum Gasteiger partial charge on any atom is 0.300 e. The lowest BCUT2D eigenvalue weighted by molar-refractivity contribution is 0.0952. The molecule has 0 saturated carbocycles. The van der Waals surface area contributed by atoms with Gasteiger partial charge in [0.05, 0.1) is 17.6 Å². The van der Waals surface area contributed by atoms with Crippen molar-refractivity contribution in [3.63, 3.8) is 0 Å². The van der Waals surface area contributed by atoms with Crippen LogP contribution in [0.25, 0.3) is 11.1 Å². The molecule has 9 heteroatoms. The fourth-order valence-electron chi connectivity index (χ4n) is 3.38. The molecule has 0 fully saturated rings. The van der Waals surface area contributed by atoms with E-state index in [1.54, 1.807) is 37.4 Å². The molecule has 0 atom stereocenters. The molecule has 0 bridgehead atoms. The number of aryl methyl sites for hydroxylation is 1. The summed E-state index contributed by atoms with van der Waals surface area (Å²) in [5.41, 5.74) is 2.62. The van der Waals surface area contributed by atoms with E-state index in [-0.39, 0.29) is 22.0 Å². The number of methoxy groups -OCH3 is 1. The topological polar surface area (TPSA) is 115 Å². The minimum atomic E-state index is -4.08. The fraction of sp³-hybridized carbons (Fsp3) is 0.0769. The Balaban J connectivity index is 1.45. The summed E-state index contributed by atoms with van der Waals surface area (Å²) in [6, 6.07) is 23.5. The molecule has 0 spiro atoms. The van der Waals surface area contributed by atoms with Crippen molar-refractivity contribution in [2.75, 3.05) is 12.4 Å². The lowest BCUT2D eigenvalue weighted by atomic mass is 10.1. The fourth-order valence-corrected chi connectivity index (χ4v) is 4.36. The molecule has 0 saturated heterocycles. The van der Waals surface area contributed by atoms with Crippen molar-refractivity contribution in [1.29, 1.82) is 0 Å². The molecule has 8 nitrogen and oxygen atoms in total. The van der Waals surface area contributed by atoms with Crippen LogP contribution >= 0.6 is 0 Å². The van der Waals surface area contributed by atoms with Gasteiger partial charge >= 0.3 is 5.91 Å². The molecule has 0 aliphatic carbocycles. The summed E-state index contributed by atoms with van der Waals surface area (Å²) < 4.78 is 37.3. The molecular weight excluding hydrogens is 468 g/mol. The minimum Gasteiger partial charge on any atom is -0.497 e. The molecule has 4 rings (SSSR count). The van der Waals surface area contributed by atoms with Gasteiger partial charge in [-0.2, -0.15) is 0 Å². The number of nitrogens with one attached hydrogen (secondary N) is 2. The van der Waals surface area contributed by atoms with Gasteiger partial charge in [-0.3, -0.25) is 9.59 Å². The first-order chi connectivity index (χ1) is 16.8. The van der Waals surface area contributed by atoms with Crippen molar-refractivity contribution in [3.8, 4) is 16.9 Å². The average molecular weight is 491 g/mol. The molecule has 0 aliphatic rings. The van der Waals surface area contributed by atoms with Gasteiger partial charge in [-0.25, -0.2) is 13.1 Å². The van der Waals surface area contributed by atoms with Crippen LogP contribution in [0, 0.1) is 6.92 Å². The first kappa shape index (κ1) is 23.8.